The lowest BCUT2D eigenvalue weighted by Gasteiger charge is -2.06. The summed E-state index contributed by atoms with van der Waals surface area (Å²) in [6.07, 6.45) is 2.93. The van der Waals surface area contributed by atoms with Gasteiger partial charge in [-0.3, -0.25) is 4.79 Å². The Kier molecular flexibility index (Phi) is 6.82. The molecule has 4 heteroatoms. The quantitative estimate of drug-likeness (QED) is 0.680. The van der Waals surface area contributed by atoms with Gasteiger partial charge >= 0.3 is 0 Å². The van der Waals surface area contributed by atoms with Crippen LogP contribution in [0.5, 0.6) is 5.75 Å². The minimum absolute atomic E-state index is 0.319. The number of benzene rings is 1. The lowest BCUT2D eigenvalue weighted by Crippen LogP contribution is -2.01. The molecule has 17 heavy (non-hydrogen) atoms. The Hall–Kier alpha value is -0.350. The third kappa shape index (κ3) is 5.21. The number of alkyl halides is 1. The zero-order chi connectivity index (χ0) is 12.7. The third-order valence-corrected chi connectivity index (χ3v) is 3.85. The SMILES string of the molecule is COc1ccc(Br)c(CCC(=O)CCCBr)c1. The molecule has 0 amide bonds. The van der Waals surface area contributed by atoms with Crippen LogP contribution in [-0.4, -0.2) is 18.2 Å². The molecule has 1 aromatic rings. The zero-order valence-corrected chi connectivity index (χ0v) is 13.0. The second-order valence-corrected chi connectivity index (χ2v) is 5.44. The number of carbonyl (C=O) groups excluding carboxylic acids is 1. The molecule has 0 aliphatic rings. The van der Waals surface area contributed by atoms with Gasteiger partial charge in [0.15, 0.2) is 0 Å². The highest BCUT2D eigenvalue weighted by Crippen LogP contribution is 2.23. The van der Waals surface area contributed by atoms with Gasteiger partial charge in [-0.05, 0) is 36.6 Å². The van der Waals surface area contributed by atoms with Gasteiger partial charge in [-0.15, -0.1) is 0 Å². The number of carbonyl (C=O) groups is 1. The summed E-state index contributed by atoms with van der Waals surface area (Å²) in [7, 11) is 1.65. The summed E-state index contributed by atoms with van der Waals surface area (Å²) in [6.45, 7) is 0. The van der Waals surface area contributed by atoms with E-state index in [0.717, 1.165) is 34.0 Å². The van der Waals surface area contributed by atoms with E-state index in [9.17, 15) is 4.79 Å². The first-order valence-corrected chi connectivity index (χ1v) is 7.49. The van der Waals surface area contributed by atoms with Gasteiger partial charge in [-0.25, -0.2) is 0 Å². The molecule has 0 saturated carbocycles. The Labute approximate surface area is 119 Å². The summed E-state index contributed by atoms with van der Waals surface area (Å²) in [5.74, 6) is 1.15. The fourth-order valence-electron chi connectivity index (χ4n) is 1.53. The average molecular weight is 364 g/mol. The van der Waals surface area contributed by atoms with Gasteiger partial charge in [0.25, 0.3) is 0 Å². The number of ketones is 1. The summed E-state index contributed by atoms with van der Waals surface area (Å²) in [5, 5.41) is 0.890. The van der Waals surface area contributed by atoms with Gasteiger partial charge in [-0.2, -0.15) is 0 Å². The second kappa shape index (κ2) is 7.88. The number of ether oxygens (including phenoxy) is 1. The molecule has 0 N–H and O–H groups in total. The molecule has 0 radical (unpaired) electrons. The molecule has 2 nitrogen and oxygen atoms in total. The van der Waals surface area contributed by atoms with Crippen molar-refractivity contribution in [1.29, 1.82) is 0 Å². The number of methoxy groups -OCH3 is 1. The van der Waals surface area contributed by atoms with Crippen LogP contribution in [0.25, 0.3) is 0 Å². The fraction of sp³-hybridized carbons (Fsp3) is 0.462. The number of rotatable bonds is 7. The molecular weight excluding hydrogens is 348 g/mol. The van der Waals surface area contributed by atoms with Crippen molar-refractivity contribution >= 4 is 37.6 Å². The number of aryl methyl sites for hydroxylation is 1. The van der Waals surface area contributed by atoms with Crippen LogP contribution >= 0.6 is 31.9 Å². The van der Waals surface area contributed by atoms with Gasteiger partial charge in [0, 0.05) is 22.6 Å². The lowest BCUT2D eigenvalue weighted by atomic mass is 10.1. The lowest BCUT2D eigenvalue weighted by molar-refractivity contribution is -0.119. The third-order valence-electron chi connectivity index (χ3n) is 2.52. The number of hydrogen-bond acceptors (Lipinski definition) is 2. The van der Waals surface area contributed by atoms with E-state index >= 15 is 0 Å². The monoisotopic (exact) mass is 362 g/mol. The van der Waals surface area contributed by atoms with Crippen LogP contribution in [0.3, 0.4) is 0 Å². The molecule has 0 saturated heterocycles. The van der Waals surface area contributed by atoms with E-state index in [1.165, 1.54) is 0 Å². The van der Waals surface area contributed by atoms with Crippen LogP contribution in [0.15, 0.2) is 22.7 Å². The largest absolute Gasteiger partial charge is 0.497 e. The van der Waals surface area contributed by atoms with Gasteiger partial charge in [0.1, 0.15) is 11.5 Å². The van der Waals surface area contributed by atoms with Crippen molar-refractivity contribution in [2.24, 2.45) is 0 Å². The summed E-state index contributed by atoms with van der Waals surface area (Å²) in [6, 6.07) is 5.83. The first kappa shape index (κ1) is 14.7. The van der Waals surface area contributed by atoms with Crippen molar-refractivity contribution in [1.82, 2.24) is 0 Å². The van der Waals surface area contributed by atoms with Gasteiger partial charge in [-0.1, -0.05) is 31.9 Å². The molecule has 94 valence electrons. The number of halogens is 2. The van der Waals surface area contributed by atoms with Crippen LogP contribution in [0, 0.1) is 0 Å². The molecule has 0 aromatic heterocycles. The summed E-state index contributed by atoms with van der Waals surface area (Å²) in [5.41, 5.74) is 1.12. The van der Waals surface area contributed by atoms with Crippen molar-refractivity contribution in [2.45, 2.75) is 25.7 Å². The predicted octanol–water partition coefficient (Wildman–Crippen LogP) is 4.13. The minimum atomic E-state index is 0.319. The van der Waals surface area contributed by atoms with Crippen LogP contribution < -0.4 is 4.74 Å². The minimum Gasteiger partial charge on any atom is -0.497 e. The fourth-order valence-corrected chi connectivity index (χ4v) is 2.26. The summed E-state index contributed by atoms with van der Waals surface area (Å²) < 4.78 is 6.20. The van der Waals surface area contributed by atoms with Crippen molar-refractivity contribution in [2.75, 3.05) is 12.4 Å². The molecule has 1 rings (SSSR count). The van der Waals surface area contributed by atoms with E-state index in [1.54, 1.807) is 7.11 Å². The van der Waals surface area contributed by atoms with Crippen LogP contribution in [0.1, 0.15) is 24.8 Å². The van der Waals surface area contributed by atoms with E-state index < -0.39 is 0 Å². The number of hydrogen-bond donors (Lipinski definition) is 0. The Morgan fingerprint density at radius 3 is 2.76 bits per heavy atom. The highest BCUT2D eigenvalue weighted by Gasteiger charge is 2.06. The molecule has 1 aromatic carbocycles. The Balaban J connectivity index is 2.53. The number of Topliss-reactive ketones (excluding diaryl/α,β-unsaturated/α-hetero) is 1. The molecule has 0 spiro atoms. The predicted molar refractivity (Wildman–Crippen MR) is 77.1 cm³/mol. The highest BCUT2D eigenvalue weighted by atomic mass is 79.9. The smallest absolute Gasteiger partial charge is 0.133 e. The Morgan fingerprint density at radius 1 is 1.35 bits per heavy atom. The van der Waals surface area contributed by atoms with Crippen LogP contribution in [0.2, 0.25) is 0 Å². The van der Waals surface area contributed by atoms with Crippen molar-refractivity contribution in [3.8, 4) is 5.75 Å². The Morgan fingerprint density at radius 2 is 2.12 bits per heavy atom. The molecular formula is C13H16Br2O2. The van der Waals surface area contributed by atoms with E-state index in [2.05, 4.69) is 31.9 Å². The maximum Gasteiger partial charge on any atom is 0.133 e. The van der Waals surface area contributed by atoms with E-state index in [1.807, 2.05) is 18.2 Å². The van der Waals surface area contributed by atoms with E-state index in [0.29, 0.717) is 18.6 Å². The standard InChI is InChI=1S/C13H16Br2O2/c1-17-12-6-7-13(15)10(9-12)4-5-11(16)3-2-8-14/h6-7,9H,2-5,8H2,1H3. The summed E-state index contributed by atoms with van der Waals surface area (Å²) in [4.78, 5) is 11.6. The van der Waals surface area contributed by atoms with Crippen molar-refractivity contribution in [3.05, 3.63) is 28.2 Å². The second-order valence-electron chi connectivity index (χ2n) is 3.79. The molecule has 0 unspecified atom stereocenters. The Bertz CT molecular complexity index is 378. The zero-order valence-electron chi connectivity index (χ0n) is 9.84. The average Bonchev–Trinajstić information content (AvgIpc) is 2.35. The molecule has 0 bridgehead atoms. The normalized spacial score (nSPS) is 10.3. The maximum absolute atomic E-state index is 11.6. The van der Waals surface area contributed by atoms with Crippen LogP contribution in [-0.2, 0) is 11.2 Å². The first-order valence-electron chi connectivity index (χ1n) is 5.57. The molecule has 0 heterocycles. The summed E-state index contributed by atoms with van der Waals surface area (Å²) >= 11 is 6.82. The highest BCUT2D eigenvalue weighted by molar-refractivity contribution is 9.10. The maximum atomic E-state index is 11.6. The van der Waals surface area contributed by atoms with Crippen LogP contribution in [0.4, 0.5) is 0 Å². The van der Waals surface area contributed by atoms with Crippen molar-refractivity contribution in [3.63, 3.8) is 0 Å². The van der Waals surface area contributed by atoms with Gasteiger partial charge < -0.3 is 4.74 Å². The first-order chi connectivity index (χ1) is 8.17. The molecule has 0 aliphatic heterocycles. The van der Waals surface area contributed by atoms with Crippen molar-refractivity contribution < 1.29 is 9.53 Å². The topological polar surface area (TPSA) is 26.3 Å². The van der Waals surface area contributed by atoms with Gasteiger partial charge in [0.2, 0.25) is 0 Å². The molecule has 0 fully saturated rings. The van der Waals surface area contributed by atoms with Gasteiger partial charge in [0.05, 0.1) is 7.11 Å². The molecule has 0 aliphatic carbocycles. The van der Waals surface area contributed by atoms with E-state index in [-0.39, 0.29) is 0 Å². The molecule has 0 atom stereocenters. The van der Waals surface area contributed by atoms with E-state index in [4.69, 9.17) is 4.74 Å².